The zero-order valence-corrected chi connectivity index (χ0v) is 11.4. The Morgan fingerprint density at radius 2 is 2.25 bits per heavy atom. The molecule has 1 amide bonds. The van der Waals surface area contributed by atoms with E-state index >= 15 is 0 Å². The molecule has 1 aromatic carbocycles. The molecule has 1 heterocycles. The van der Waals surface area contributed by atoms with Gasteiger partial charge in [0.25, 0.3) is 0 Å². The number of hydrogen-bond donors (Lipinski definition) is 2. The first-order chi connectivity index (χ1) is 9.72. The monoisotopic (exact) mass is 271 g/mol. The summed E-state index contributed by atoms with van der Waals surface area (Å²) in [6.45, 7) is 1.84. The highest BCUT2D eigenvalue weighted by atomic mass is 16.1. The summed E-state index contributed by atoms with van der Waals surface area (Å²) < 4.78 is 0. The van der Waals surface area contributed by atoms with Gasteiger partial charge in [0.05, 0.1) is 12.5 Å². The van der Waals surface area contributed by atoms with Crippen LogP contribution in [0.1, 0.15) is 41.9 Å². The van der Waals surface area contributed by atoms with Gasteiger partial charge in [-0.2, -0.15) is 5.21 Å². The predicted octanol–water partition coefficient (Wildman–Crippen LogP) is 1.11. The van der Waals surface area contributed by atoms with Crippen LogP contribution in [0.15, 0.2) is 18.2 Å². The molecule has 0 aliphatic heterocycles. The summed E-state index contributed by atoms with van der Waals surface area (Å²) in [5.74, 6) is 0.465. The van der Waals surface area contributed by atoms with Crippen molar-refractivity contribution in [3.05, 3.63) is 40.7 Å². The van der Waals surface area contributed by atoms with Crippen LogP contribution in [0.25, 0.3) is 0 Å². The molecule has 1 aromatic heterocycles. The molecule has 20 heavy (non-hydrogen) atoms. The average Bonchev–Trinajstić information content (AvgIpc) is 3.09. The molecule has 6 heteroatoms. The fourth-order valence-corrected chi connectivity index (χ4v) is 2.63. The molecule has 0 fully saturated rings. The lowest BCUT2D eigenvalue weighted by Crippen LogP contribution is -2.28. The van der Waals surface area contributed by atoms with Crippen molar-refractivity contribution < 1.29 is 4.79 Å². The number of rotatable bonds is 4. The highest BCUT2D eigenvalue weighted by molar-refractivity contribution is 5.79. The quantitative estimate of drug-likeness (QED) is 0.872. The topological polar surface area (TPSA) is 83.6 Å². The van der Waals surface area contributed by atoms with Crippen molar-refractivity contribution in [2.45, 2.75) is 38.6 Å². The molecule has 6 nitrogen and oxygen atoms in total. The number of nitrogens with one attached hydrogen (secondary N) is 2. The molecule has 1 atom stereocenters. The van der Waals surface area contributed by atoms with Crippen molar-refractivity contribution in [2.75, 3.05) is 0 Å². The first kappa shape index (κ1) is 12.8. The highest BCUT2D eigenvalue weighted by Crippen LogP contribution is 2.23. The Labute approximate surface area is 117 Å². The Morgan fingerprint density at radius 1 is 1.40 bits per heavy atom. The number of nitrogens with zero attached hydrogens (tertiary/aromatic N) is 3. The second-order valence-electron chi connectivity index (χ2n) is 5.19. The number of carbonyl (C=O) groups excluding carboxylic acids is 1. The zero-order chi connectivity index (χ0) is 13.9. The lowest BCUT2D eigenvalue weighted by Gasteiger charge is -2.10. The number of hydrogen-bond acceptors (Lipinski definition) is 4. The van der Waals surface area contributed by atoms with E-state index in [1.54, 1.807) is 0 Å². The van der Waals surface area contributed by atoms with Crippen molar-refractivity contribution in [1.82, 2.24) is 25.9 Å². The Bertz CT molecular complexity index is 608. The van der Waals surface area contributed by atoms with Gasteiger partial charge in [0, 0.05) is 0 Å². The lowest BCUT2D eigenvalue weighted by molar-refractivity contribution is -0.121. The molecule has 0 spiro atoms. The van der Waals surface area contributed by atoms with E-state index < -0.39 is 0 Å². The smallest absolute Gasteiger partial charge is 0.225 e. The summed E-state index contributed by atoms with van der Waals surface area (Å²) in [6.07, 6.45) is 3.90. The molecular weight excluding hydrogens is 254 g/mol. The average molecular weight is 271 g/mol. The van der Waals surface area contributed by atoms with Gasteiger partial charge in [-0.25, -0.2) is 0 Å². The third kappa shape index (κ3) is 2.68. The van der Waals surface area contributed by atoms with Crippen molar-refractivity contribution in [2.24, 2.45) is 0 Å². The largest absolute Gasteiger partial charge is 0.346 e. The Morgan fingerprint density at radius 3 is 3.05 bits per heavy atom. The minimum atomic E-state index is -0.240. The molecule has 3 rings (SSSR count). The van der Waals surface area contributed by atoms with Crippen LogP contribution in [0.3, 0.4) is 0 Å². The third-order valence-electron chi connectivity index (χ3n) is 3.65. The zero-order valence-electron chi connectivity index (χ0n) is 11.4. The predicted molar refractivity (Wildman–Crippen MR) is 72.9 cm³/mol. The SMILES string of the molecule is CC(NC(=O)Cc1ccc2c(c1)CCC2)c1nn[nH]n1. The number of carbonyl (C=O) groups is 1. The van der Waals surface area contributed by atoms with Gasteiger partial charge in [-0.15, -0.1) is 10.2 Å². The van der Waals surface area contributed by atoms with Gasteiger partial charge in [0.15, 0.2) is 5.82 Å². The van der Waals surface area contributed by atoms with Crippen molar-refractivity contribution in [3.63, 3.8) is 0 Å². The van der Waals surface area contributed by atoms with E-state index in [4.69, 9.17) is 0 Å². The standard InChI is InChI=1S/C14H17N5O/c1-9(14-16-18-19-17-14)15-13(20)8-10-5-6-11-3-2-4-12(11)7-10/h5-7,9H,2-4,8H2,1H3,(H,15,20)(H,16,17,18,19). The molecule has 0 bridgehead atoms. The second kappa shape index (κ2) is 5.40. The molecular formula is C14H17N5O. The first-order valence-corrected chi connectivity index (χ1v) is 6.86. The van der Waals surface area contributed by atoms with Crippen molar-refractivity contribution in [1.29, 1.82) is 0 Å². The number of benzene rings is 1. The van der Waals surface area contributed by atoms with E-state index in [0.717, 1.165) is 18.4 Å². The van der Waals surface area contributed by atoms with Crippen LogP contribution in [-0.4, -0.2) is 26.5 Å². The molecule has 1 aliphatic rings. The van der Waals surface area contributed by atoms with Crippen LogP contribution in [0.2, 0.25) is 0 Å². The molecule has 0 saturated carbocycles. The van der Waals surface area contributed by atoms with Gasteiger partial charge in [-0.1, -0.05) is 23.4 Å². The van der Waals surface area contributed by atoms with Crippen LogP contribution in [-0.2, 0) is 24.1 Å². The van der Waals surface area contributed by atoms with Gasteiger partial charge in [-0.3, -0.25) is 4.79 Å². The maximum atomic E-state index is 12.0. The first-order valence-electron chi connectivity index (χ1n) is 6.86. The molecule has 0 radical (unpaired) electrons. The molecule has 1 aliphatic carbocycles. The van der Waals surface area contributed by atoms with E-state index in [1.807, 2.05) is 13.0 Å². The molecule has 2 aromatic rings. The van der Waals surface area contributed by atoms with E-state index in [-0.39, 0.29) is 11.9 Å². The van der Waals surface area contributed by atoms with Crippen LogP contribution in [0.5, 0.6) is 0 Å². The molecule has 2 N–H and O–H groups in total. The van der Waals surface area contributed by atoms with E-state index in [1.165, 1.54) is 17.5 Å². The van der Waals surface area contributed by atoms with E-state index in [0.29, 0.717) is 12.2 Å². The fraction of sp³-hybridized carbons (Fsp3) is 0.429. The number of aromatic nitrogens is 4. The van der Waals surface area contributed by atoms with Crippen LogP contribution in [0, 0.1) is 0 Å². The summed E-state index contributed by atoms with van der Waals surface area (Å²) in [6, 6.07) is 6.10. The summed E-state index contributed by atoms with van der Waals surface area (Å²) in [5, 5.41) is 16.5. The highest BCUT2D eigenvalue weighted by Gasteiger charge is 2.15. The number of amides is 1. The number of fused-ring (bicyclic) bond motifs is 1. The van der Waals surface area contributed by atoms with Gasteiger partial charge >= 0.3 is 0 Å². The van der Waals surface area contributed by atoms with Gasteiger partial charge in [0.1, 0.15) is 0 Å². The normalized spacial score (nSPS) is 14.8. The van der Waals surface area contributed by atoms with Crippen LogP contribution >= 0.6 is 0 Å². The summed E-state index contributed by atoms with van der Waals surface area (Å²) in [4.78, 5) is 12.0. The minimum absolute atomic E-state index is 0.0275. The summed E-state index contributed by atoms with van der Waals surface area (Å²) in [5.41, 5.74) is 3.87. The van der Waals surface area contributed by atoms with Crippen molar-refractivity contribution >= 4 is 5.91 Å². The maximum Gasteiger partial charge on any atom is 0.225 e. The van der Waals surface area contributed by atoms with Gasteiger partial charge in [0.2, 0.25) is 5.91 Å². The number of aromatic amines is 1. The number of H-pyrrole nitrogens is 1. The van der Waals surface area contributed by atoms with Gasteiger partial charge < -0.3 is 5.32 Å². The molecule has 104 valence electrons. The Balaban J connectivity index is 1.61. The summed E-state index contributed by atoms with van der Waals surface area (Å²) >= 11 is 0. The Hall–Kier alpha value is -2.24. The lowest BCUT2D eigenvalue weighted by atomic mass is 10.0. The van der Waals surface area contributed by atoms with Crippen LogP contribution < -0.4 is 5.32 Å². The molecule has 1 unspecified atom stereocenters. The summed E-state index contributed by atoms with van der Waals surface area (Å²) in [7, 11) is 0. The fourth-order valence-electron chi connectivity index (χ4n) is 2.63. The van der Waals surface area contributed by atoms with Crippen LogP contribution in [0.4, 0.5) is 0 Å². The number of aryl methyl sites for hydroxylation is 2. The second-order valence-corrected chi connectivity index (χ2v) is 5.19. The maximum absolute atomic E-state index is 12.0. The number of tetrazole rings is 1. The third-order valence-corrected chi connectivity index (χ3v) is 3.65. The Kier molecular flexibility index (Phi) is 3.45. The molecule has 0 saturated heterocycles. The van der Waals surface area contributed by atoms with Gasteiger partial charge in [-0.05, 0) is 42.9 Å². The van der Waals surface area contributed by atoms with Crippen molar-refractivity contribution in [3.8, 4) is 0 Å². The van der Waals surface area contributed by atoms with E-state index in [9.17, 15) is 4.79 Å². The van der Waals surface area contributed by atoms with E-state index in [2.05, 4.69) is 38.1 Å². The minimum Gasteiger partial charge on any atom is -0.346 e.